The lowest BCUT2D eigenvalue weighted by Gasteiger charge is -2.27. The number of carbonyl (C=O) groups is 1. The molecule has 0 unspecified atom stereocenters. The van der Waals surface area contributed by atoms with Crippen molar-refractivity contribution in [3.8, 4) is 11.5 Å². The summed E-state index contributed by atoms with van der Waals surface area (Å²) in [5, 5.41) is 0.380. The van der Waals surface area contributed by atoms with Crippen LogP contribution in [0.5, 0.6) is 11.5 Å². The molecular formula is C20H27BrN2O5S2. The van der Waals surface area contributed by atoms with Gasteiger partial charge in [-0.05, 0) is 36.2 Å². The van der Waals surface area contributed by atoms with Gasteiger partial charge in [0.2, 0.25) is 0 Å². The van der Waals surface area contributed by atoms with Gasteiger partial charge in [0.1, 0.15) is 0 Å². The molecule has 1 amide bonds. The minimum absolute atomic E-state index is 0.0326. The van der Waals surface area contributed by atoms with Crippen molar-refractivity contribution in [1.82, 2.24) is 0 Å². The maximum atomic E-state index is 12.5. The lowest BCUT2D eigenvalue weighted by atomic mass is 10.1. The van der Waals surface area contributed by atoms with E-state index in [4.69, 9.17) is 9.47 Å². The molecule has 1 aromatic rings. The Kier molecular flexibility index (Phi) is 7.40. The van der Waals surface area contributed by atoms with Crippen LogP contribution >= 0.6 is 27.7 Å². The Morgan fingerprint density at radius 1 is 1.23 bits per heavy atom. The van der Waals surface area contributed by atoms with Crippen LogP contribution in [0.4, 0.5) is 5.69 Å². The molecule has 0 aromatic heterocycles. The molecule has 7 nitrogen and oxygen atoms in total. The van der Waals surface area contributed by atoms with E-state index in [1.54, 1.807) is 0 Å². The zero-order valence-corrected chi connectivity index (χ0v) is 20.8. The number of nitrogens with zero attached hydrogens (tertiary/aromatic N) is 2. The van der Waals surface area contributed by atoms with Crippen LogP contribution in [0.25, 0.3) is 0 Å². The molecule has 2 heterocycles. The summed E-state index contributed by atoms with van der Waals surface area (Å²) >= 11 is 4.97. The molecule has 1 aromatic carbocycles. The van der Waals surface area contributed by atoms with Gasteiger partial charge in [0.05, 0.1) is 36.4 Å². The van der Waals surface area contributed by atoms with E-state index in [2.05, 4.69) is 20.9 Å². The van der Waals surface area contributed by atoms with Crippen molar-refractivity contribution >= 4 is 54.3 Å². The quantitative estimate of drug-likeness (QED) is 0.540. The van der Waals surface area contributed by atoms with Crippen LogP contribution in [0.15, 0.2) is 21.6 Å². The number of rotatable bonds is 7. The van der Waals surface area contributed by atoms with E-state index in [0.29, 0.717) is 36.3 Å². The van der Waals surface area contributed by atoms with Gasteiger partial charge in [-0.25, -0.2) is 8.42 Å². The molecule has 2 fully saturated rings. The summed E-state index contributed by atoms with van der Waals surface area (Å²) in [4.78, 5) is 18.8. The van der Waals surface area contributed by atoms with Gasteiger partial charge in [-0.15, -0.1) is 0 Å². The summed E-state index contributed by atoms with van der Waals surface area (Å²) in [6.45, 7) is 8.53. The van der Waals surface area contributed by atoms with Gasteiger partial charge >= 0.3 is 0 Å². The Morgan fingerprint density at radius 2 is 1.87 bits per heavy atom. The molecular weight excluding hydrogens is 492 g/mol. The third-order valence-electron chi connectivity index (χ3n) is 5.18. The largest absolute Gasteiger partial charge is 0.490 e. The third kappa shape index (κ3) is 4.80. The molecule has 0 saturated carbocycles. The zero-order valence-electron chi connectivity index (χ0n) is 17.6. The Balaban J connectivity index is 2.09. The number of amides is 1. The highest BCUT2D eigenvalue weighted by Gasteiger charge is 2.50. The fraction of sp³-hybridized carbons (Fsp3) is 0.600. The molecule has 0 bridgehead atoms. The van der Waals surface area contributed by atoms with Crippen LogP contribution in [0, 0.1) is 5.92 Å². The number of ether oxygens (including phenoxy) is 2. The second kappa shape index (κ2) is 9.48. The summed E-state index contributed by atoms with van der Waals surface area (Å²) in [5.74, 6) is 0.908. The number of benzene rings is 1. The maximum absolute atomic E-state index is 12.5. The number of amidine groups is 1. The van der Waals surface area contributed by atoms with Crippen molar-refractivity contribution in [2.75, 3.05) is 29.6 Å². The number of hydrogen-bond acceptors (Lipinski definition) is 6. The molecule has 2 aliphatic rings. The van der Waals surface area contributed by atoms with E-state index in [-0.39, 0.29) is 34.6 Å². The number of fused-ring (bicyclic) bond motifs is 1. The van der Waals surface area contributed by atoms with Crippen LogP contribution in [-0.2, 0) is 14.6 Å². The van der Waals surface area contributed by atoms with E-state index < -0.39 is 9.84 Å². The molecule has 0 radical (unpaired) electrons. The van der Waals surface area contributed by atoms with Gasteiger partial charge in [-0.1, -0.05) is 25.6 Å². The molecule has 10 heteroatoms. The smallest absolute Gasteiger partial charge is 0.250 e. The van der Waals surface area contributed by atoms with Crippen LogP contribution in [-0.4, -0.2) is 55.5 Å². The Hall–Kier alpha value is -1.26. The van der Waals surface area contributed by atoms with Gasteiger partial charge in [0, 0.05) is 27.8 Å². The number of carbonyl (C=O) groups excluding carboxylic acids is 1. The average molecular weight is 519 g/mol. The molecule has 0 spiro atoms. The van der Waals surface area contributed by atoms with E-state index in [1.807, 2.05) is 44.7 Å². The first kappa shape index (κ1) is 23.4. The van der Waals surface area contributed by atoms with Gasteiger partial charge in [0.15, 0.2) is 26.5 Å². The predicted molar refractivity (Wildman–Crippen MR) is 125 cm³/mol. The molecule has 3 atom stereocenters. The minimum Gasteiger partial charge on any atom is -0.490 e. The van der Waals surface area contributed by atoms with Crippen LogP contribution in [0.1, 0.15) is 34.1 Å². The lowest BCUT2D eigenvalue weighted by Crippen LogP contribution is -2.38. The van der Waals surface area contributed by atoms with Gasteiger partial charge in [0.25, 0.3) is 5.91 Å². The summed E-state index contributed by atoms with van der Waals surface area (Å²) < 4.78 is 36.8. The van der Waals surface area contributed by atoms with Gasteiger partial charge < -0.3 is 14.4 Å². The Labute approximate surface area is 190 Å². The lowest BCUT2D eigenvalue weighted by molar-refractivity contribution is -0.121. The van der Waals surface area contributed by atoms with Crippen molar-refractivity contribution in [1.29, 1.82) is 0 Å². The van der Waals surface area contributed by atoms with Gasteiger partial charge in [-0.3, -0.25) is 4.79 Å². The van der Waals surface area contributed by atoms with E-state index in [9.17, 15) is 13.2 Å². The summed E-state index contributed by atoms with van der Waals surface area (Å²) in [7, 11) is -3.14. The molecule has 2 aliphatic heterocycles. The number of anilines is 1. The first-order valence-corrected chi connectivity index (χ1v) is 13.6. The van der Waals surface area contributed by atoms with Crippen LogP contribution in [0.2, 0.25) is 0 Å². The zero-order chi connectivity index (χ0) is 22.1. The second-order valence-electron chi connectivity index (χ2n) is 7.33. The molecule has 30 heavy (non-hydrogen) atoms. The molecule has 0 aliphatic carbocycles. The Bertz CT molecular complexity index is 951. The monoisotopic (exact) mass is 518 g/mol. The minimum atomic E-state index is -3.14. The highest BCUT2D eigenvalue weighted by molar-refractivity contribution is 9.10. The SMILES string of the molecule is CCOc1cc(Br)c(N2C(=NC(=O)[C@@H](C)CC)S[C@H]3CS(=O)(=O)C[C@@H]32)cc1OCC. The van der Waals surface area contributed by atoms with Crippen LogP contribution in [0.3, 0.4) is 0 Å². The van der Waals surface area contributed by atoms with Crippen molar-refractivity contribution in [2.45, 2.75) is 45.4 Å². The number of sulfone groups is 1. The standard InChI is InChI=1S/C20H27BrN2O5S2/c1-5-12(4)19(24)22-20-23(15-10-30(25,26)11-18(15)29-20)14-9-17(28-7-3)16(27-6-2)8-13(14)21/h8-9,12,15,18H,5-7,10-11H2,1-4H3/t12-,15-,18-/m0/s1. The molecule has 0 N–H and O–H groups in total. The third-order valence-corrected chi connectivity index (χ3v) is 9.02. The van der Waals surface area contributed by atoms with Crippen LogP contribution < -0.4 is 14.4 Å². The highest BCUT2D eigenvalue weighted by Crippen LogP contribution is 2.46. The molecule has 166 valence electrons. The van der Waals surface area contributed by atoms with Crippen molar-refractivity contribution < 1.29 is 22.7 Å². The first-order chi connectivity index (χ1) is 14.2. The number of halogens is 1. The van der Waals surface area contributed by atoms with Gasteiger partial charge in [-0.2, -0.15) is 4.99 Å². The van der Waals surface area contributed by atoms with Crippen molar-refractivity contribution in [2.24, 2.45) is 10.9 Å². The average Bonchev–Trinajstić information content (AvgIpc) is 3.14. The molecule has 2 saturated heterocycles. The van der Waals surface area contributed by atoms with Crippen molar-refractivity contribution in [3.63, 3.8) is 0 Å². The van der Waals surface area contributed by atoms with E-state index in [1.165, 1.54) is 11.8 Å². The van der Waals surface area contributed by atoms with Crippen molar-refractivity contribution in [3.05, 3.63) is 16.6 Å². The normalized spacial score (nSPS) is 24.7. The summed E-state index contributed by atoms with van der Waals surface area (Å²) in [6, 6.07) is 3.36. The molecule has 3 rings (SSSR count). The van der Waals surface area contributed by atoms with E-state index in [0.717, 1.165) is 10.2 Å². The number of hydrogen-bond donors (Lipinski definition) is 0. The van der Waals surface area contributed by atoms with E-state index >= 15 is 0 Å². The predicted octanol–water partition coefficient (Wildman–Crippen LogP) is 3.89. The maximum Gasteiger partial charge on any atom is 0.250 e. The highest BCUT2D eigenvalue weighted by atomic mass is 79.9. The fourth-order valence-electron chi connectivity index (χ4n) is 3.47. The summed E-state index contributed by atoms with van der Waals surface area (Å²) in [6.07, 6.45) is 0.697. The number of aliphatic imine (C=N–C) groups is 1. The fourth-order valence-corrected chi connectivity index (χ4v) is 7.90. The summed E-state index contributed by atoms with van der Waals surface area (Å²) in [5.41, 5.74) is 0.717. The first-order valence-electron chi connectivity index (χ1n) is 10.1. The Morgan fingerprint density at radius 3 is 2.47 bits per heavy atom. The number of thioether (sulfide) groups is 1. The second-order valence-corrected chi connectivity index (χ2v) is 11.5. The topological polar surface area (TPSA) is 85.3 Å².